The molecule has 1 aromatic rings. The van der Waals surface area contributed by atoms with Gasteiger partial charge in [-0.2, -0.15) is 0 Å². The fraction of sp³-hybridized carbons (Fsp3) is 0.500. The molecule has 0 saturated carbocycles. The van der Waals surface area contributed by atoms with Gasteiger partial charge in [-0.15, -0.1) is 0 Å². The number of hydrogen-bond acceptors (Lipinski definition) is 3. The van der Waals surface area contributed by atoms with Crippen molar-refractivity contribution in [2.45, 2.75) is 33.1 Å². The molecule has 0 atom stereocenters. The lowest BCUT2D eigenvalue weighted by Crippen LogP contribution is -2.39. The van der Waals surface area contributed by atoms with Gasteiger partial charge in [0.2, 0.25) is 10.0 Å². The normalized spacial score (nSPS) is 15.5. The molecular weight excluding hydrogens is 262 g/mol. The first-order valence-electron chi connectivity index (χ1n) is 6.60. The van der Waals surface area contributed by atoms with E-state index in [4.69, 9.17) is 0 Å². The lowest BCUT2D eigenvalue weighted by Gasteiger charge is -2.31. The summed E-state index contributed by atoms with van der Waals surface area (Å²) < 4.78 is 26.2. The van der Waals surface area contributed by atoms with E-state index < -0.39 is 10.0 Å². The minimum atomic E-state index is -3.32. The number of hydrogen-bond donors (Lipinski definition) is 0. The summed E-state index contributed by atoms with van der Waals surface area (Å²) in [6.07, 6.45) is 1.75. The molecule has 1 aromatic carbocycles. The number of para-hydroxylation sites is 1. The van der Waals surface area contributed by atoms with E-state index in [0.717, 1.165) is 12.0 Å². The number of Topliss-reactive ketones (excluding diaryl/α,β-unsaturated/α-hetero) is 1. The summed E-state index contributed by atoms with van der Waals surface area (Å²) in [4.78, 5) is 11.9. The van der Waals surface area contributed by atoms with E-state index >= 15 is 0 Å². The Kier molecular flexibility index (Phi) is 3.94. The number of unbranched alkanes of at least 4 members (excludes halogenated alkanes) is 1. The molecule has 0 saturated heterocycles. The summed E-state index contributed by atoms with van der Waals surface area (Å²) in [5.41, 5.74) is 1.95. The van der Waals surface area contributed by atoms with E-state index in [1.807, 2.05) is 19.9 Å². The van der Waals surface area contributed by atoms with Crippen molar-refractivity contribution in [3.8, 4) is 0 Å². The van der Waals surface area contributed by atoms with Crippen molar-refractivity contribution in [2.24, 2.45) is 0 Å². The van der Waals surface area contributed by atoms with Crippen LogP contribution in [0.1, 0.15) is 42.1 Å². The molecule has 0 N–H and O–H groups in total. The number of aryl methyl sites for hydroxylation is 1. The highest BCUT2D eigenvalue weighted by Crippen LogP contribution is 2.32. The highest BCUT2D eigenvalue weighted by Gasteiger charge is 2.31. The van der Waals surface area contributed by atoms with Crippen molar-refractivity contribution >= 4 is 21.5 Å². The second kappa shape index (κ2) is 5.33. The Morgan fingerprint density at radius 1 is 1.32 bits per heavy atom. The maximum atomic E-state index is 12.4. The van der Waals surface area contributed by atoms with Crippen LogP contribution in [-0.4, -0.2) is 26.5 Å². The van der Waals surface area contributed by atoms with Gasteiger partial charge in [-0.3, -0.25) is 9.10 Å². The quantitative estimate of drug-likeness (QED) is 0.852. The van der Waals surface area contributed by atoms with E-state index in [0.29, 0.717) is 17.7 Å². The van der Waals surface area contributed by atoms with Crippen LogP contribution < -0.4 is 4.31 Å². The smallest absolute Gasteiger partial charge is 0.235 e. The van der Waals surface area contributed by atoms with Crippen molar-refractivity contribution in [1.29, 1.82) is 0 Å². The molecular formula is C14H19NO3S. The number of carbonyl (C=O) groups is 1. The molecule has 1 heterocycles. The molecule has 4 nitrogen and oxygen atoms in total. The number of ketones is 1. The number of rotatable bonds is 4. The third kappa shape index (κ3) is 2.66. The van der Waals surface area contributed by atoms with Gasteiger partial charge >= 0.3 is 0 Å². The largest absolute Gasteiger partial charge is 0.294 e. The van der Waals surface area contributed by atoms with Crippen molar-refractivity contribution in [1.82, 2.24) is 0 Å². The average Bonchev–Trinajstić information content (AvgIpc) is 2.37. The average molecular weight is 281 g/mol. The molecule has 0 aliphatic carbocycles. The lowest BCUT2D eigenvalue weighted by atomic mass is 9.99. The lowest BCUT2D eigenvalue weighted by molar-refractivity contribution is 0.0982. The monoisotopic (exact) mass is 281 g/mol. The van der Waals surface area contributed by atoms with Crippen molar-refractivity contribution in [3.05, 3.63) is 29.3 Å². The number of benzene rings is 1. The Bertz CT molecular complexity index is 593. The fourth-order valence-corrected chi connectivity index (χ4v) is 4.14. The van der Waals surface area contributed by atoms with Gasteiger partial charge in [0.05, 0.1) is 11.4 Å². The van der Waals surface area contributed by atoms with Crippen molar-refractivity contribution < 1.29 is 13.2 Å². The maximum Gasteiger partial charge on any atom is 0.235 e. The zero-order valence-corrected chi connectivity index (χ0v) is 12.2. The third-order valence-electron chi connectivity index (χ3n) is 3.42. The van der Waals surface area contributed by atoms with E-state index in [-0.39, 0.29) is 24.5 Å². The van der Waals surface area contributed by atoms with Gasteiger partial charge in [0.1, 0.15) is 0 Å². The van der Waals surface area contributed by atoms with Gasteiger partial charge < -0.3 is 0 Å². The van der Waals surface area contributed by atoms with Crippen LogP contribution in [-0.2, 0) is 10.0 Å². The number of fused-ring (bicyclic) bond motifs is 1. The van der Waals surface area contributed by atoms with E-state index in [2.05, 4.69) is 0 Å². The van der Waals surface area contributed by atoms with Crippen molar-refractivity contribution in [3.63, 3.8) is 0 Å². The fourth-order valence-electron chi connectivity index (χ4n) is 2.38. The zero-order valence-electron chi connectivity index (χ0n) is 11.3. The molecule has 19 heavy (non-hydrogen) atoms. The summed E-state index contributed by atoms with van der Waals surface area (Å²) in [5, 5.41) is 0. The van der Waals surface area contributed by atoms with Crippen LogP contribution in [0, 0.1) is 6.92 Å². The molecule has 0 unspecified atom stereocenters. The third-order valence-corrected chi connectivity index (χ3v) is 5.26. The molecule has 0 aromatic heterocycles. The molecule has 104 valence electrons. The Morgan fingerprint density at radius 3 is 2.74 bits per heavy atom. The Morgan fingerprint density at radius 2 is 2.05 bits per heavy atom. The summed E-state index contributed by atoms with van der Waals surface area (Å²) >= 11 is 0. The van der Waals surface area contributed by atoms with Gasteiger partial charge in [0.15, 0.2) is 5.78 Å². The molecule has 0 amide bonds. The molecule has 0 bridgehead atoms. The topological polar surface area (TPSA) is 54.5 Å². The van der Waals surface area contributed by atoms with Gasteiger partial charge in [-0.05, 0) is 25.0 Å². The van der Waals surface area contributed by atoms with Crippen LogP contribution in [0.3, 0.4) is 0 Å². The van der Waals surface area contributed by atoms with Crippen LogP contribution in [0.4, 0.5) is 5.69 Å². The van der Waals surface area contributed by atoms with Gasteiger partial charge in [0, 0.05) is 18.5 Å². The van der Waals surface area contributed by atoms with Crippen LogP contribution >= 0.6 is 0 Å². The first-order chi connectivity index (χ1) is 8.97. The molecule has 1 aliphatic heterocycles. The highest BCUT2D eigenvalue weighted by atomic mass is 32.2. The van der Waals surface area contributed by atoms with Gasteiger partial charge in [-0.25, -0.2) is 8.42 Å². The molecule has 0 fully saturated rings. The predicted molar refractivity (Wildman–Crippen MR) is 76.2 cm³/mol. The van der Waals surface area contributed by atoms with Crippen LogP contribution in [0.2, 0.25) is 0 Å². The first-order valence-corrected chi connectivity index (χ1v) is 8.21. The van der Waals surface area contributed by atoms with Crippen molar-refractivity contribution in [2.75, 3.05) is 16.6 Å². The molecule has 0 spiro atoms. The summed E-state index contributed by atoms with van der Waals surface area (Å²) in [6.45, 7) is 4.08. The maximum absolute atomic E-state index is 12.4. The summed E-state index contributed by atoms with van der Waals surface area (Å²) in [7, 11) is -3.32. The molecule has 2 rings (SSSR count). The molecule has 1 aliphatic rings. The van der Waals surface area contributed by atoms with Crippen LogP contribution in [0.25, 0.3) is 0 Å². The number of sulfonamides is 1. The number of anilines is 1. The van der Waals surface area contributed by atoms with E-state index in [1.54, 1.807) is 12.1 Å². The number of nitrogens with zero attached hydrogens (tertiary/aromatic N) is 1. The minimum absolute atomic E-state index is 0.0284. The first kappa shape index (κ1) is 14.1. The molecule has 0 radical (unpaired) electrons. The Labute approximate surface area is 114 Å². The predicted octanol–water partition coefficient (Wildman–Crippen LogP) is 2.52. The number of carbonyl (C=O) groups excluding carboxylic acids is 1. The second-order valence-electron chi connectivity index (χ2n) is 4.89. The SMILES string of the molecule is CCCCS(=O)(=O)N1CCC(=O)c2cccc(C)c21. The minimum Gasteiger partial charge on any atom is -0.294 e. The summed E-state index contributed by atoms with van der Waals surface area (Å²) in [6, 6.07) is 5.36. The standard InChI is InChI=1S/C14H19NO3S/c1-3-4-10-19(17,18)15-9-8-13(16)12-7-5-6-11(2)14(12)15/h5-7H,3-4,8-10H2,1-2H3. The van der Waals surface area contributed by atoms with Crippen LogP contribution in [0.15, 0.2) is 18.2 Å². The van der Waals surface area contributed by atoms with Gasteiger partial charge in [-0.1, -0.05) is 25.5 Å². The zero-order chi connectivity index (χ0) is 14.0. The Balaban J connectivity index is 2.46. The summed E-state index contributed by atoms with van der Waals surface area (Å²) in [5.74, 6) is 0.173. The highest BCUT2D eigenvalue weighted by molar-refractivity contribution is 7.92. The van der Waals surface area contributed by atoms with Crippen LogP contribution in [0.5, 0.6) is 0 Å². The van der Waals surface area contributed by atoms with Gasteiger partial charge in [0.25, 0.3) is 0 Å². The molecule has 5 heteroatoms. The second-order valence-corrected chi connectivity index (χ2v) is 6.90. The van der Waals surface area contributed by atoms with E-state index in [1.165, 1.54) is 4.31 Å². The Hall–Kier alpha value is -1.36. The van der Waals surface area contributed by atoms with E-state index in [9.17, 15) is 13.2 Å².